The molecule has 1 N–H and O–H groups in total. The van der Waals surface area contributed by atoms with Crippen molar-refractivity contribution in [1.29, 1.82) is 0 Å². The summed E-state index contributed by atoms with van der Waals surface area (Å²) in [6.45, 7) is 8.50. The Morgan fingerprint density at radius 2 is 2.25 bits per heavy atom. The molecule has 112 valence electrons. The lowest BCUT2D eigenvalue weighted by Crippen LogP contribution is -2.17. The van der Waals surface area contributed by atoms with E-state index >= 15 is 0 Å². The van der Waals surface area contributed by atoms with Crippen molar-refractivity contribution in [2.24, 2.45) is 5.92 Å². The van der Waals surface area contributed by atoms with Gasteiger partial charge in [0.05, 0.1) is 6.61 Å². The second-order valence-corrected chi connectivity index (χ2v) is 6.09. The second-order valence-electron chi connectivity index (χ2n) is 5.65. The van der Waals surface area contributed by atoms with Crippen LogP contribution in [0.15, 0.2) is 12.1 Å². The average molecular weight is 298 g/mol. The van der Waals surface area contributed by atoms with Crippen LogP contribution in [0.4, 0.5) is 0 Å². The second kappa shape index (κ2) is 7.87. The van der Waals surface area contributed by atoms with Crippen molar-refractivity contribution >= 4 is 11.6 Å². The Labute approximate surface area is 126 Å². The van der Waals surface area contributed by atoms with E-state index in [4.69, 9.17) is 21.1 Å². The molecule has 0 bridgehead atoms. The molecule has 1 heterocycles. The Morgan fingerprint density at radius 3 is 3.05 bits per heavy atom. The summed E-state index contributed by atoms with van der Waals surface area (Å²) in [6.07, 6.45) is 1.99. The fourth-order valence-electron chi connectivity index (χ4n) is 2.32. The van der Waals surface area contributed by atoms with Gasteiger partial charge in [-0.2, -0.15) is 0 Å². The highest BCUT2D eigenvalue weighted by Crippen LogP contribution is 2.32. The number of fused-ring (bicyclic) bond motifs is 1. The molecule has 0 aromatic heterocycles. The molecule has 20 heavy (non-hydrogen) atoms. The topological polar surface area (TPSA) is 30.5 Å². The molecule has 1 aliphatic heterocycles. The van der Waals surface area contributed by atoms with E-state index in [9.17, 15) is 0 Å². The van der Waals surface area contributed by atoms with Gasteiger partial charge in [-0.3, -0.25) is 0 Å². The zero-order valence-electron chi connectivity index (χ0n) is 12.4. The highest BCUT2D eigenvalue weighted by Gasteiger charge is 2.17. The van der Waals surface area contributed by atoms with Gasteiger partial charge in [0, 0.05) is 36.8 Å². The average Bonchev–Trinajstić information content (AvgIpc) is 2.85. The lowest BCUT2D eigenvalue weighted by molar-refractivity contribution is 0.108. The Bertz CT molecular complexity index is 435. The Hall–Kier alpha value is -0.770. The molecule has 0 spiro atoms. The minimum absolute atomic E-state index is 0.606. The van der Waals surface area contributed by atoms with Crippen molar-refractivity contribution in [3.63, 3.8) is 0 Å². The Kier molecular flexibility index (Phi) is 6.14. The maximum atomic E-state index is 6.14. The predicted molar refractivity (Wildman–Crippen MR) is 82.6 cm³/mol. The highest BCUT2D eigenvalue weighted by atomic mass is 35.5. The molecular weight excluding hydrogens is 274 g/mol. The van der Waals surface area contributed by atoms with Gasteiger partial charge in [0.25, 0.3) is 0 Å². The number of hydrogen-bond donors (Lipinski definition) is 1. The molecule has 0 radical (unpaired) electrons. The molecule has 0 saturated heterocycles. The third kappa shape index (κ3) is 4.65. The van der Waals surface area contributed by atoms with Crippen LogP contribution in [0.2, 0.25) is 5.02 Å². The third-order valence-corrected chi connectivity index (χ3v) is 3.45. The molecule has 0 saturated carbocycles. The molecule has 0 amide bonds. The zero-order valence-corrected chi connectivity index (χ0v) is 13.1. The van der Waals surface area contributed by atoms with Crippen molar-refractivity contribution in [2.45, 2.75) is 33.2 Å². The van der Waals surface area contributed by atoms with Gasteiger partial charge in [-0.05, 0) is 36.6 Å². The van der Waals surface area contributed by atoms with Crippen LogP contribution in [-0.4, -0.2) is 26.4 Å². The largest absolute Gasteiger partial charge is 0.493 e. The molecule has 0 atom stereocenters. The Morgan fingerprint density at radius 1 is 1.40 bits per heavy atom. The molecule has 3 nitrogen and oxygen atoms in total. The molecule has 0 aliphatic carbocycles. The summed E-state index contributed by atoms with van der Waals surface area (Å²) in [5, 5.41) is 4.23. The first kappa shape index (κ1) is 15.6. The maximum absolute atomic E-state index is 6.14. The zero-order chi connectivity index (χ0) is 14.4. The molecular formula is C16H24ClNO2. The van der Waals surface area contributed by atoms with Crippen molar-refractivity contribution < 1.29 is 9.47 Å². The van der Waals surface area contributed by atoms with Crippen LogP contribution in [-0.2, 0) is 17.7 Å². The number of halogens is 1. The molecule has 4 heteroatoms. The molecule has 1 aromatic carbocycles. The SMILES string of the molecule is CC(C)COCCCNCc1cc(Cl)cc2c1OCC2. The number of nitrogens with one attached hydrogen (secondary N) is 1. The van der Waals surface area contributed by atoms with Crippen LogP contribution in [0.3, 0.4) is 0 Å². The smallest absolute Gasteiger partial charge is 0.127 e. The fraction of sp³-hybridized carbons (Fsp3) is 0.625. The Balaban J connectivity index is 1.70. The van der Waals surface area contributed by atoms with Gasteiger partial charge in [-0.1, -0.05) is 25.4 Å². The molecule has 2 rings (SSSR count). The standard InChI is InChI=1S/C16H24ClNO2/c1-12(2)11-19-6-3-5-18-10-14-9-15(17)8-13-4-7-20-16(13)14/h8-9,12,18H,3-7,10-11H2,1-2H3. The predicted octanol–water partition coefficient (Wildman–Crippen LogP) is 3.43. The van der Waals surface area contributed by atoms with Crippen LogP contribution in [0.5, 0.6) is 5.75 Å². The quantitative estimate of drug-likeness (QED) is 0.746. The van der Waals surface area contributed by atoms with Gasteiger partial charge in [0.15, 0.2) is 0 Å². The number of benzene rings is 1. The van der Waals surface area contributed by atoms with E-state index in [0.717, 1.165) is 62.1 Å². The summed E-state index contributed by atoms with van der Waals surface area (Å²) in [4.78, 5) is 0. The van der Waals surface area contributed by atoms with E-state index in [1.807, 2.05) is 12.1 Å². The lowest BCUT2D eigenvalue weighted by atomic mass is 10.1. The summed E-state index contributed by atoms with van der Waals surface area (Å²) in [6, 6.07) is 4.00. The first-order chi connectivity index (χ1) is 9.66. The van der Waals surface area contributed by atoms with Crippen LogP contribution in [0, 0.1) is 5.92 Å². The van der Waals surface area contributed by atoms with E-state index in [0.29, 0.717) is 5.92 Å². The first-order valence-electron chi connectivity index (χ1n) is 7.39. The van der Waals surface area contributed by atoms with E-state index in [1.54, 1.807) is 0 Å². The van der Waals surface area contributed by atoms with Crippen LogP contribution >= 0.6 is 11.6 Å². The minimum Gasteiger partial charge on any atom is -0.493 e. The number of rotatable bonds is 8. The van der Waals surface area contributed by atoms with Gasteiger partial charge in [0.1, 0.15) is 5.75 Å². The van der Waals surface area contributed by atoms with Gasteiger partial charge in [0.2, 0.25) is 0 Å². The summed E-state index contributed by atoms with van der Waals surface area (Å²) in [7, 11) is 0. The first-order valence-corrected chi connectivity index (χ1v) is 7.77. The monoisotopic (exact) mass is 297 g/mol. The summed E-state index contributed by atoms with van der Waals surface area (Å²) >= 11 is 6.14. The van der Waals surface area contributed by atoms with E-state index < -0.39 is 0 Å². The summed E-state index contributed by atoms with van der Waals surface area (Å²) in [5.74, 6) is 1.63. The fourth-order valence-corrected chi connectivity index (χ4v) is 2.58. The van der Waals surface area contributed by atoms with E-state index in [-0.39, 0.29) is 0 Å². The van der Waals surface area contributed by atoms with Gasteiger partial charge >= 0.3 is 0 Å². The van der Waals surface area contributed by atoms with Crippen molar-refractivity contribution in [2.75, 3.05) is 26.4 Å². The summed E-state index contributed by atoms with van der Waals surface area (Å²) < 4.78 is 11.2. The van der Waals surface area contributed by atoms with Crippen molar-refractivity contribution in [3.05, 3.63) is 28.3 Å². The van der Waals surface area contributed by atoms with Crippen molar-refractivity contribution in [1.82, 2.24) is 5.32 Å². The summed E-state index contributed by atoms with van der Waals surface area (Å²) in [5.41, 5.74) is 2.39. The minimum atomic E-state index is 0.606. The maximum Gasteiger partial charge on any atom is 0.127 e. The van der Waals surface area contributed by atoms with E-state index in [1.165, 1.54) is 5.56 Å². The number of ether oxygens (including phenoxy) is 2. The van der Waals surface area contributed by atoms with Gasteiger partial charge in [-0.15, -0.1) is 0 Å². The van der Waals surface area contributed by atoms with Crippen LogP contribution in [0.1, 0.15) is 31.4 Å². The van der Waals surface area contributed by atoms with Gasteiger partial charge in [-0.25, -0.2) is 0 Å². The number of hydrogen-bond acceptors (Lipinski definition) is 3. The normalized spacial score (nSPS) is 13.6. The van der Waals surface area contributed by atoms with Crippen LogP contribution in [0.25, 0.3) is 0 Å². The molecule has 0 unspecified atom stereocenters. The molecule has 1 aromatic rings. The lowest BCUT2D eigenvalue weighted by Gasteiger charge is -2.11. The van der Waals surface area contributed by atoms with E-state index in [2.05, 4.69) is 19.2 Å². The molecule has 0 fully saturated rings. The van der Waals surface area contributed by atoms with Gasteiger partial charge < -0.3 is 14.8 Å². The van der Waals surface area contributed by atoms with Crippen molar-refractivity contribution in [3.8, 4) is 5.75 Å². The van der Waals surface area contributed by atoms with Crippen LogP contribution < -0.4 is 10.1 Å². The highest BCUT2D eigenvalue weighted by molar-refractivity contribution is 6.30. The third-order valence-electron chi connectivity index (χ3n) is 3.23. The molecule has 1 aliphatic rings.